The number of carbonyl (C=O) groups is 1. The first-order valence-corrected chi connectivity index (χ1v) is 7.75. The van der Waals surface area contributed by atoms with E-state index in [0.717, 1.165) is 40.4 Å². The highest BCUT2D eigenvalue weighted by Crippen LogP contribution is 2.24. The van der Waals surface area contributed by atoms with Gasteiger partial charge in [-0.05, 0) is 19.1 Å². The molecule has 0 aliphatic carbocycles. The number of fused-ring (bicyclic) bond motifs is 1. The first kappa shape index (κ1) is 17.2. The fourth-order valence-electron chi connectivity index (χ4n) is 2.75. The number of nitro benzene ring substituents is 1. The van der Waals surface area contributed by atoms with Gasteiger partial charge in [-0.15, -0.1) is 0 Å². The van der Waals surface area contributed by atoms with E-state index in [2.05, 4.69) is 10.5 Å². The quantitative estimate of drug-likeness (QED) is 0.427. The summed E-state index contributed by atoms with van der Waals surface area (Å²) in [6, 6.07) is 11.0. The van der Waals surface area contributed by atoms with Crippen molar-refractivity contribution in [1.82, 2.24) is 9.99 Å². The van der Waals surface area contributed by atoms with Gasteiger partial charge in [0.2, 0.25) is 0 Å². The smallest absolute Gasteiger partial charge is 0.275 e. The molecule has 3 aromatic rings. The predicted molar refractivity (Wildman–Crippen MR) is 97.5 cm³/mol. The highest BCUT2D eigenvalue weighted by molar-refractivity contribution is 6.02. The Morgan fingerprint density at radius 3 is 2.77 bits per heavy atom. The topological polar surface area (TPSA) is 110 Å². The maximum Gasteiger partial charge on any atom is 0.275 e. The van der Waals surface area contributed by atoms with E-state index < -0.39 is 10.8 Å². The molecule has 1 amide bonds. The van der Waals surface area contributed by atoms with Crippen LogP contribution in [-0.2, 0) is 7.05 Å². The molecule has 1 heterocycles. The first-order chi connectivity index (χ1) is 12.4. The van der Waals surface area contributed by atoms with Crippen LogP contribution in [0.15, 0.2) is 47.6 Å². The third kappa shape index (κ3) is 3.00. The lowest BCUT2D eigenvalue weighted by Gasteiger charge is -2.03. The number of hydrogen-bond donors (Lipinski definition) is 2. The summed E-state index contributed by atoms with van der Waals surface area (Å²) in [5, 5.41) is 25.5. The van der Waals surface area contributed by atoms with Gasteiger partial charge in [-0.2, -0.15) is 5.10 Å². The predicted octanol–water partition coefficient (Wildman–Crippen LogP) is 2.86. The normalized spacial score (nSPS) is 11.2. The molecule has 3 rings (SSSR count). The van der Waals surface area contributed by atoms with Crippen molar-refractivity contribution in [3.8, 4) is 5.75 Å². The summed E-state index contributed by atoms with van der Waals surface area (Å²) in [5.74, 6) is -1.09. The fourth-order valence-corrected chi connectivity index (χ4v) is 2.75. The molecule has 0 radical (unpaired) electrons. The lowest BCUT2D eigenvalue weighted by molar-refractivity contribution is -0.384. The minimum atomic E-state index is -0.736. The minimum absolute atomic E-state index is 0.217. The Labute approximate surface area is 148 Å². The van der Waals surface area contributed by atoms with E-state index in [9.17, 15) is 20.0 Å². The van der Waals surface area contributed by atoms with E-state index in [1.54, 1.807) is 0 Å². The molecule has 132 valence electrons. The number of aromatic nitrogens is 1. The lowest BCUT2D eigenvalue weighted by atomic mass is 10.1. The molecule has 1 aromatic heterocycles. The molecule has 0 spiro atoms. The zero-order valence-corrected chi connectivity index (χ0v) is 14.1. The number of carbonyl (C=O) groups excluding carboxylic acids is 1. The van der Waals surface area contributed by atoms with E-state index in [-0.39, 0.29) is 17.0 Å². The Morgan fingerprint density at radius 1 is 1.31 bits per heavy atom. The molecule has 2 N–H and O–H groups in total. The van der Waals surface area contributed by atoms with Crippen molar-refractivity contribution in [2.45, 2.75) is 6.92 Å². The van der Waals surface area contributed by atoms with Crippen LogP contribution in [0.4, 0.5) is 5.69 Å². The molecule has 26 heavy (non-hydrogen) atoms. The third-order valence-electron chi connectivity index (χ3n) is 4.24. The van der Waals surface area contributed by atoms with Crippen LogP contribution in [0.3, 0.4) is 0 Å². The Morgan fingerprint density at radius 2 is 2.04 bits per heavy atom. The molecule has 8 nitrogen and oxygen atoms in total. The number of nitrogens with zero attached hydrogens (tertiary/aromatic N) is 3. The van der Waals surface area contributed by atoms with Crippen LogP contribution in [0.2, 0.25) is 0 Å². The zero-order valence-electron chi connectivity index (χ0n) is 14.1. The molecule has 0 unspecified atom stereocenters. The number of hydrogen-bond acceptors (Lipinski definition) is 5. The van der Waals surface area contributed by atoms with Crippen molar-refractivity contribution >= 4 is 28.7 Å². The largest absolute Gasteiger partial charge is 0.507 e. The Bertz CT molecular complexity index is 1050. The SMILES string of the molecule is Cc1c(/C=N/NC(=O)c2cc([N+](=O)[O-])ccc2O)c2ccccc2n1C. The summed E-state index contributed by atoms with van der Waals surface area (Å²) >= 11 is 0. The maximum atomic E-state index is 12.2. The number of nitrogens with one attached hydrogen (secondary N) is 1. The van der Waals surface area contributed by atoms with Crippen molar-refractivity contribution in [2.24, 2.45) is 12.1 Å². The number of para-hydroxylation sites is 1. The van der Waals surface area contributed by atoms with Crippen molar-refractivity contribution in [1.29, 1.82) is 0 Å². The molecule has 0 bridgehead atoms. The van der Waals surface area contributed by atoms with Crippen LogP contribution in [0.5, 0.6) is 5.75 Å². The van der Waals surface area contributed by atoms with E-state index >= 15 is 0 Å². The van der Waals surface area contributed by atoms with Gasteiger partial charge in [0, 0.05) is 41.3 Å². The number of phenolic OH excluding ortho intramolecular Hbond substituents is 1. The molecule has 0 saturated heterocycles. The van der Waals surface area contributed by atoms with Gasteiger partial charge < -0.3 is 9.67 Å². The molecule has 0 fully saturated rings. The molecule has 8 heteroatoms. The van der Waals surface area contributed by atoms with Gasteiger partial charge in [0.1, 0.15) is 5.75 Å². The molecular weight excluding hydrogens is 336 g/mol. The maximum absolute atomic E-state index is 12.2. The van der Waals surface area contributed by atoms with Gasteiger partial charge in [0.25, 0.3) is 11.6 Å². The van der Waals surface area contributed by atoms with Crippen molar-refractivity contribution in [3.05, 3.63) is 69.4 Å². The highest BCUT2D eigenvalue weighted by atomic mass is 16.6. The number of aromatic hydroxyl groups is 1. The minimum Gasteiger partial charge on any atom is -0.507 e. The molecular formula is C18H16N4O4. The van der Waals surface area contributed by atoms with E-state index in [1.807, 2.05) is 42.8 Å². The summed E-state index contributed by atoms with van der Waals surface area (Å²) in [4.78, 5) is 22.3. The Balaban J connectivity index is 1.86. The Kier molecular flexibility index (Phi) is 4.40. The number of rotatable bonds is 4. The van der Waals surface area contributed by atoms with Gasteiger partial charge in [-0.3, -0.25) is 14.9 Å². The summed E-state index contributed by atoms with van der Waals surface area (Å²) < 4.78 is 2.02. The first-order valence-electron chi connectivity index (χ1n) is 7.75. The average Bonchev–Trinajstić information content (AvgIpc) is 2.87. The van der Waals surface area contributed by atoms with Crippen molar-refractivity contribution in [3.63, 3.8) is 0 Å². The third-order valence-corrected chi connectivity index (χ3v) is 4.24. The second-order valence-electron chi connectivity index (χ2n) is 5.73. The van der Waals surface area contributed by atoms with Crippen LogP contribution >= 0.6 is 0 Å². The number of amides is 1. The molecule has 0 saturated carbocycles. The van der Waals surface area contributed by atoms with Crippen molar-refractivity contribution < 1.29 is 14.8 Å². The summed E-state index contributed by atoms with van der Waals surface area (Å²) in [6.45, 7) is 1.94. The monoisotopic (exact) mass is 352 g/mol. The zero-order chi connectivity index (χ0) is 18.8. The van der Waals surface area contributed by atoms with Crippen LogP contribution in [0, 0.1) is 17.0 Å². The van der Waals surface area contributed by atoms with Crippen LogP contribution in [0.1, 0.15) is 21.6 Å². The molecule has 2 aromatic carbocycles. The van der Waals surface area contributed by atoms with E-state index in [4.69, 9.17) is 0 Å². The standard InChI is InChI=1S/C18H16N4O4/c1-11-15(13-5-3-4-6-16(13)21(11)2)10-19-20-18(24)14-9-12(22(25)26)7-8-17(14)23/h3-10,23H,1-2H3,(H,20,24)/b19-10+. The van der Waals surface area contributed by atoms with Gasteiger partial charge in [0.15, 0.2) is 0 Å². The number of non-ortho nitro benzene ring substituents is 1. The van der Waals surface area contributed by atoms with Crippen LogP contribution in [-0.4, -0.2) is 26.7 Å². The molecule has 0 atom stereocenters. The lowest BCUT2D eigenvalue weighted by Crippen LogP contribution is -2.18. The molecule has 0 aliphatic rings. The number of hydrazone groups is 1. The van der Waals surface area contributed by atoms with Gasteiger partial charge >= 0.3 is 0 Å². The summed E-state index contributed by atoms with van der Waals surface area (Å²) in [7, 11) is 1.94. The summed E-state index contributed by atoms with van der Waals surface area (Å²) in [6.07, 6.45) is 1.52. The average molecular weight is 352 g/mol. The molecule has 0 aliphatic heterocycles. The number of aryl methyl sites for hydroxylation is 1. The number of benzene rings is 2. The van der Waals surface area contributed by atoms with Crippen LogP contribution in [0.25, 0.3) is 10.9 Å². The Hall–Kier alpha value is -3.68. The number of nitro groups is 1. The van der Waals surface area contributed by atoms with E-state index in [0.29, 0.717) is 0 Å². The van der Waals surface area contributed by atoms with Gasteiger partial charge in [-0.25, -0.2) is 5.43 Å². The second-order valence-corrected chi connectivity index (χ2v) is 5.73. The van der Waals surface area contributed by atoms with Gasteiger partial charge in [0.05, 0.1) is 16.7 Å². The summed E-state index contributed by atoms with van der Waals surface area (Å²) in [5.41, 5.74) is 4.65. The fraction of sp³-hybridized carbons (Fsp3) is 0.111. The second kappa shape index (κ2) is 6.67. The van der Waals surface area contributed by atoms with Crippen LogP contribution < -0.4 is 5.43 Å². The highest BCUT2D eigenvalue weighted by Gasteiger charge is 2.16. The number of phenols is 1. The van der Waals surface area contributed by atoms with Crippen molar-refractivity contribution in [2.75, 3.05) is 0 Å². The van der Waals surface area contributed by atoms with Gasteiger partial charge in [-0.1, -0.05) is 18.2 Å². The van der Waals surface area contributed by atoms with E-state index in [1.165, 1.54) is 6.21 Å².